The molecule has 6 heteroatoms. The molecule has 0 unspecified atom stereocenters. The average molecular weight is 271 g/mol. The van der Waals surface area contributed by atoms with E-state index in [-0.39, 0.29) is 6.54 Å². The molecule has 0 saturated carbocycles. The van der Waals surface area contributed by atoms with E-state index in [1.165, 1.54) is 6.33 Å². The molecule has 0 amide bonds. The Balaban J connectivity index is 2.27. The first-order valence-corrected chi connectivity index (χ1v) is 6.22. The van der Waals surface area contributed by atoms with Crippen LogP contribution in [0.1, 0.15) is 0 Å². The molecule has 0 aliphatic rings. The zero-order valence-corrected chi connectivity index (χ0v) is 10.8. The summed E-state index contributed by atoms with van der Waals surface area (Å²) in [5.41, 5.74) is 14.8. The Hall–Kier alpha value is -2.63. The molecule has 5 nitrogen and oxygen atoms in total. The minimum atomic E-state index is -0.463. The van der Waals surface area contributed by atoms with Crippen molar-refractivity contribution in [1.29, 1.82) is 0 Å². The third kappa shape index (κ3) is 1.95. The summed E-state index contributed by atoms with van der Waals surface area (Å²) in [6, 6.07) is 7.42. The number of nitrogen functional groups attached to an aromatic ring is 2. The Labute approximate surface area is 115 Å². The smallest absolute Gasteiger partial charge is 0.146 e. The number of hydrogen-bond acceptors (Lipinski definition) is 4. The van der Waals surface area contributed by atoms with Crippen LogP contribution in [0.5, 0.6) is 0 Å². The Bertz CT molecular complexity index is 748. The van der Waals surface area contributed by atoms with E-state index < -0.39 is 6.67 Å². The monoisotopic (exact) mass is 271 g/mol. The lowest BCUT2D eigenvalue weighted by Crippen LogP contribution is -2.00. The van der Waals surface area contributed by atoms with Gasteiger partial charge in [-0.15, -0.1) is 0 Å². The molecular weight excluding hydrogens is 257 g/mol. The summed E-state index contributed by atoms with van der Waals surface area (Å²) in [6.07, 6.45) is 3.24. The van der Waals surface area contributed by atoms with Crippen LogP contribution in [0.3, 0.4) is 0 Å². The van der Waals surface area contributed by atoms with Gasteiger partial charge in [-0.1, -0.05) is 12.1 Å². The summed E-state index contributed by atoms with van der Waals surface area (Å²) in [6.45, 7) is -0.225. The van der Waals surface area contributed by atoms with E-state index in [9.17, 15) is 4.39 Å². The van der Waals surface area contributed by atoms with Crippen LogP contribution in [0.2, 0.25) is 0 Å². The fourth-order valence-electron chi connectivity index (χ4n) is 2.29. The summed E-state index contributed by atoms with van der Waals surface area (Å²) >= 11 is 0. The molecule has 0 saturated heterocycles. The third-order valence-corrected chi connectivity index (χ3v) is 3.23. The second-order valence-corrected chi connectivity index (χ2v) is 4.50. The van der Waals surface area contributed by atoms with Crippen LogP contribution in [-0.4, -0.2) is 21.2 Å². The number of nitrogens with zero attached hydrogens (tertiary/aromatic N) is 3. The predicted molar refractivity (Wildman–Crippen MR) is 77.8 cm³/mol. The van der Waals surface area contributed by atoms with Gasteiger partial charge in [-0.25, -0.2) is 14.4 Å². The van der Waals surface area contributed by atoms with Crippen LogP contribution in [0.25, 0.3) is 22.2 Å². The van der Waals surface area contributed by atoms with Gasteiger partial charge in [0.2, 0.25) is 0 Å². The molecule has 3 aromatic rings. The van der Waals surface area contributed by atoms with Crippen molar-refractivity contribution in [2.45, 2.75) is 6.54 Å². The highest BCUT2D eigenvalue weighted by molar-refractivity contribution is 6.00. The number of alkyl halides is 1. The van der Waals surface area contributed by atoms with E-state index in [0.717, 1.165) is 16.5 Å². The third-order valence-electron chi connectivity index (χ3n) is 3.23. The minimum absolute atomic E-state index is 0.238. The zero-order valence-electron chi connectivity index (χ0n) is 10.8. The van der Waals surface area contributed by atoms with Gasteiger partial charge in [0.15, 0.2) is 0 Å². The Morgan fingerprint density at radius 1 is 1.10 bits per heavy atom. The van der Waals surface area contributed by atoms with Crippen molar-refractivity contribution in [1.82, 2.24) is 14.5 Å². The van der Waals surface area contributed by atoms with E-state index in [2.05, 4.69) is 9.97 Å². The molecule has 0 radical (unpaired) electrons. The lowest BCUT2D eigenvalue weighted by atomic mass is 10.1. The Morgan fingerprint density at radius 3 is 2.55 bits per heavy atom. The normalized spacial score (nSPS) is 11.1. The number of aromatic nitrogens is 3. The van der Waals surface area contributed by atoms with Gasteiger partial charge in [0.25, 0.3) is 0 Å². The van der Waals surface area contributed by atoms with E-state index >= 15 is 0 Å². The summed E-state index contributed by atoms with van der Waals surface area (Å²) in [4.78, 5) is 8.22. The highest BCUT2D eigenvalue weighted by Crippen LogP contribution is 2.32. The van der Waals surface area contributed by atoms with Gasteiger partial charge in [-0.3, -0.25) is 0 Å². The zero-order chi connectivity index (χ0) is 14.1. The number of benzene rings is 1. The van der Waals surface area contributed by atoms with Crippen LogP contribution in [-0.2, 0) is 6.54 Å². The van der Waals surface area contributed by atoms with Gasteiger partial charge in [0.1, 0.15) is 24.5 Å². The number of fused-ring (bicyclic) bond motifs is 1. The second-order valence-electron chi connectivity index (χ2n) is 4.50. The summed E-state index contributed by atoms with van der Waals surface area (Å²) < 4.78 is 14.4. The molecule has 4 N–H and O–H groups in total. The molecule has 0 aliphatic carbocycles. The molecule has 0 atom stereocenters. The van der Waals surface area contributed by atoms with Crippen LogP contribution >= 0.6 is 0 Å². The number of hydrogen-bond donors (Lipinski definition) is 2. The Kier molecular flexibility index (Phi) is 2.98. The molecule has 2 heterocycles. The number of aryl methyl sites for hydroxylation is 1. The van der Waals surface area contributed by atoms with Gasteiger partial charge in [0.05, 0.1) is 11.9 Å². The summed E-state index contributed by atoms with van der Waals surface area (Å²) in [5.74, 6) is 0.388. The van der Waals surface area contributed by atoms with Crippen molar-refractivity contribution in [2.75, 3.05) is 18.1 Å². The molecule has 1 aromatic carbocycles. The highest BCUT2D eigenvalue weighted by atomic mass is 19.1. The van der Waals surface area contributed by atoms with Crippen molar-refractivity contribution in [3.8, 4) is 11.1 Å². The first-order chi connectivity index (χ1) is 9.70. The van der Waals surface area contributed by atoms with Crippen molar-refractivity contribution in [3.05, 3.63) is 36.8 Å². The van der Waals surface area contributed by atoms with Gasteiger partial charge in [0, 0.05) is 17.4 Å². The van der Waals surface area contributed by atoms with Crippen LogP contribution in [0, 0.1) is 0 Å². The number of halogens is 1. The number of rotatable bonds is 3. The van der Waals surface area contributed by atoms with Gasteiger partial charge in [-0.05, 0) is 17.7 Å². The fraction of sp³-hybridized carbons (Fsp3) is 0.143. The molecular formula is C14H14FN5. The molecule has 0 spiro atoms. The largest absolute Gasteiger partial charge is 0.399 e. The van der Waals surface area contributed by atoms with Crippen molar-refractivity contribution in [3.63, 3.8) is 0 Å². The first kappa shape index (κ1) is 12.4. The van der Waals surface area contributed by atoms with E-state index in [4.69, 9.17) is 11.5 Å². The quantitative estimate of drug-likeness (QED) is 0.716. The van der Waals surface area contributed by atoms with Crippen molar-refractivity contribution in [2.24, 2.45) is 0 Å². The molecule has 3 rings (SSSR count). The van der Waals surface area contributed by atoms with Crippen LogP contribution in [0.4, 0.5) is 15.9 Å². The van der Waals surface area contributed by atoms with Gasteiger partial charge >= 0.3 is 0 Å². The molecule has 2 aromatic heterocycles. The van der Waals surface area contributed by atoms with E-state index in [1.807, 2.05) is 30.5 Å². The molecule has 0 aliphatic heterocycles. The molecule has 20 heavy (non-hydrogen) atoms. The lowest BCUT2D eigenvalue weighted by Gasteiger charge is -2.01. The number of anilines is 2. The molecule has 0 fully saturated rings. The maximum Gasteiger partial charge on any atom is 0.146 e. The van der Waals surface area contributed by atoms with Gasteiger partial charge < -0.3 is 16.0 Å². The highest BCUT2D eigenvalue weighted by Gasteiger charge is 2.14. The topological polar surface area (TPSA) is 82.8 Å². The second kappa shape index (κ2) is 4.80. The van der Waals surface area contributed by atoms with Crippen molar-refractivity contribution >= 4 is 22.5 Å². The predicted octanol–water partition coefficient (Wildman–Crippen LogP) is 2.23. The SMILES string of the molecule is Nc1ccc(-c2cn(CCF)c3ncnc(N)c23)cc1. The summed E-state index contributed by atoms with van der Waals surface area (Å²) in [7, 11) is 0. The first-order valence-electron chi connectivity index (χ1n) is 6.22. The lowest BCUT2D eigenvalue weighted by molar-refractivity contribution is 0.450. The van der Waals surface area contributed by atoms with Crippen LogP contribution in [0.15, 0.2) is 36.8 Å². The molecule has 0 bridgehead atoms. The maximum absolute atomic E-state index is 12.7. The Morgan fingerprint density at radius 2 is 1.85 bits per heavy atom. The van der Waals surface area contributed by atoms with E-state index in [1.54, 1.807) is 4.57 Å². The standard InChI is InChI=1S/C14H14FN5/c15-5-6-20-7-11(9-1-3-10(16)4-2-9)12-13(17)18-8-19-14(12)20/h1-4,7-8H,5-6,16H2,(H2,17,18,19). The minimum Gasteiger partial charge on any atom is -0.399 e. The van der Waals surface area contributed by atoms with E-state index in [0.29, 0.717) is 17.2 Å². The number of nitrogens with two attached hydrogens (primary N) is 2. The van der Waals surface area contributed by atoms with Crippen LogP contribution < -0.4 is 11.5 Å². The maximum atomic E-state index is 12.7. The summed E-state index contributed by atoms with van der Waals surface area (Å²) in [5, 5.41) is 0.741. The fourth-order valence-corrected chi connectivity index (χ4v) is 2.29. The van der Waals surface area contributed by atoms with Gasteiger partial charge in [-0.2, -0.15) is 0 Å². The molecule has 102 valence electrons. The van der Waals surface area contributed by atoms with Crippen molar-refractivity contribution < 1.29 is 4.39 Å². The average Bonchev–Trinajstić information content (AvgIpc) is 2.81.